The van der Waals surface area contributed by atoms with Gasteiger partial charge in [-0.1, -0.05) is 142 Å². The number of carbonyl (C=O) groups is 2. The van der Waals surface area contributed by atoms with E-state index in [0.29, 0.717) is 29.7 Å². The number of quaternary nitrogens is 1. The van der Waals surface area contributed by atoms with Gasteiger partial charge in [0.25, 0.3) is 0 Å². The zero-order valence-corrected chi connectivity index (χ0v) is 35.6. The number of ether oxygens (including phenoxy) is 3. The van der Waals surface area contributed by atoms with Gasteiger partial charge in [-0.15, -0.1) is 0 Å². The number of likely N-dealkylation sites (N-methyl/N-ethyl adjacent to an activating group) is 1. The lowest BCUT2D eigenvalue weighted by Gasteiger charge is -2.24. The molecule has 1 rings (SSSR count). The van der Waals surface area contributed by atoms with E-state index >= 15 is 0 Å². The molecule has 0 radical (unpaired) electrons. The average molecular weight is 775 g/mol. The van der Waals surface area contributed by atoms with Crippen LogP contribution < -0.4 is 0 Å². The third-order valence-electron chi connectivity index (χ3n) is 9.72. The van der Waals surface area contributed by atoms with Crippen molar-refractivity contribution >= 4 is 19.8 Å². The SMILES string of the molecule is CCCCC/C=C\CC1OC1CCCCCCCC(=O)O[C@H](COC(=O)CCCCCCCCCCCCCCC)COP(=O)(O)OCC[N+](C)(C)C. The average Bonchev–Trinajstić information content (AvgIpc) is 3.86. The summed E-state index contributed by atoms with van der Waals surface area (Å²) in [5.41, 5.74) is 0. The van der Waals surface area contributed by atoms with Crippen molar-refractivity contribution in [2.45, 2.75) is 199 Å². The minimum absolute atomic E-state index is 0.0284. The summed E-state index contributed by atoms with van der Waals surface area (Å²) >= 11 is 0. The molecule has 0 amide bonds. The van der Waals surface area contributed by atoms with Crippen LogP contribution in [0.15, 0.2) is 12.2 Å². The van der Waals surface area contributed by atoms with E-state index in [2.05, 4.69) is 26.0 Å². The maximum absolute atomic E-state index is 12.7. The predicted octanol–water partition coefficient (Wildman–Crippen LogP) is 10.8. The largest absolute Gasteiger partial charge is 0.472 e. The number of carbonyl (C=O) groups excluding carboxylic acids is 2. The molecule has 0 spiro atoms. The van der Waals surface area contributed by atoms with Crippen molar-refractivity contribution in [1.82, 2.24) is 0 Å². The summed E-state index contributed by atoms with van der Waals surface area (Å²) in [5.74, 6) is -0.816. The molecule has 0 aromatic rings. The van der Waals surface area contributed by atoms with Crippen LogP contribution >= 0.6 is 7.82 Å². The van der Waals surface area contributed by atoms with Gasteiger partial charge >= 0.3 is 19.8 Å². The van der Waals surface area contributed by atoms with Crippen LogP contribution in [0.5, 0.6) is 0 Å². The van der Waals surface area contributed by atoms with Gasteiger partial charge in [0.1, 0.15) is 19.8 Å². The Kier molecular flexibility index (Phi) is 29.9. The molecule has 0 aromatic heterocycles. The Morgan fingerprint density at radius 2 is 1.21 bits per heavy atom. The zero-order valence-electron chi connectivity index (χ0n) is 34.7. The number of epoxide rings is 1. The molecule has 1 aliphatic rings. The van der Waals surface area contributed by atoms with Gasteiger partial charge < -0.3 is 23.6 Å². The second-order valence-corrected chi connectivity index (χ2v) is 17.6. The molecule has 312 valence electrons. The number of allylic oxidation sites excluding steroid dienone is 1. The number of nitrogens with zero attached hydrogens (tertiary/aromatic N) is 1. The van der Waals surface area contributed by atoms with Gasteiger partial charge in [-0.2, -0.15) is 0 Å². The quantitative estimate of drug-likeness (QED) is 0.0163. The van der Waals surface area contributed by atoms with Gasteiger partial charge in [0.05, 0.1) is 40.0 Å². The number of hydrogen-bond donors (Lipinski definition) is 1. The first-order chi connectivity index (χ1) is 25.5. The summed E-state index contributed by atoms with van der Waals surface area (Å²) < 4.78 is 40.1. The number of unbranched alkanes of at least 4 members (excludes halogenated alkanes) is 19. The fraction of sp³-hybridized carbons (Fsp3) is 0.905. The van der Waals surface area contributed by atoms with Crippen LogP contribution in [0.2, 0.25) is 0 Å². The number of phosphoric acid groups is 1. The highest BCUT2D eigenvalue weighted by Gasteiger charge is 2.36. The number of esters is 2. The first-order valence-electron chi connectivity index (χ1n) is 21.5. The first-order valence-corrected chi connectivity index (χ1v) is 23.0. The predicted molar refractivity (Wildman–Crippen MR) is 215 cm³/mol. The van der Waals surface area contributed by atoms with E-state index in [4.69, 9.17) is 23.3 Å². The van der Waals surface area contributed by atoms with Crippen molar-refractivity contribution in [1.29, 1.82) is 0 Å². The molecule has 10 nitrogen and oxygen atoms in total. The topological polar surface area (TPSA) is 121 Å². The summed E-state index contributed by atoms with van der Waals surface area (Å²) in [5, 5.41) is 0. The van der Waals surface area contributed by atoms with E-state index in [9.17, 15) is 19.0 Å². The van der Waals surface area contributed by atoms with E-state index in [-0.39, 0.29) is 32.0 Å². The van der Waals surface area contributed by atoms with Gasteiger partial charge in [-0.25, -0.2) is 4.57 Å². The maximum Gasteiger partial charge on any atom is 0.472 e. The monoisotopic (exact) mass is 775 g/mol. The Morgan fingerprint density at radius 3 is 1.79 bits per heavy atom. The van der Waals surface area contributed by atoms with Crippen LogP contribution in [-0.2, 0) is 37.4 Å². The van der Waals surface area contributed by atoms with Crippen LogP contribution in [0.1, 0.15) is 181 Å². The van der Waals surface area contributed by atoms with Crippen molar-refractivity contribution in [3.05, 3.63) is 12.2 Å². The van der Waals surface area contributed by atoms with Gasteiger partial charge in [0.15, 0.2) is 6.10 Å². The maximum atomic E-state index is 12.7. The van der Waals surface area contributed by atoms with E-state index in [0.717, 1.165) is 64.2 Å². The second-order valence-electron chi connectivity index (χ2n) is 16.1. The Bertz CT molecular complexity index is 986. The van der Waals surface area contributed by atoms with Crippen LogP contribution in [0.4, 0.5) is 0 Å². The standard InChI is InChI=1S/C42H80NO9P/c1-6-8-10-12-14-15-16-17-18-19-20-24-28-32-41(44)48-36-38(37-50-53(46,47)49-35-34-43(3,4)5)51-42(45)33-29-25-21-23-27-31-40-39(52-40)30-26-22-13-11-9-7-2/h22,26,38-40H,6-21,23-25,27-37H2,1-5H3/p+1/b26-22-/t38-,39?,40?/m1/s1. The zero-order chi connectivity index (χ0) is 39.0. The highest BCUT2D eigenvalue weighted by Crippen LogP contribution is 2.43. The lowest BCUT2D eigenvalue weighted by Crippen LogP contribution is -2.37. The van der Waals surface area contributed by atoms with Crippen LogP contribution in [0.25, 0.3) is 0 Å². The van der Waals surface area contributed by atoms with Crippen LogP contribution in [-0.4, -0.2) is 87.1 Å². The molecule has 1 heterocycles. The molecule has 0 bridgehead atoms. The molecule has 1 saturated heterocycles. The number of phosphoric ester groups is 1. The van der Waals surface area contributed by atoms with E-state index in [1.807, 2.05) is 21.1 Å². The summed E-state index contributed by atoms with van der Waals surface area (Å²) in [6.45, 7) is 4.37. The Hall–Kier alpha value is -1.29. The molecule has 4 atom stereocenters. The third-order valence-corrected chi connectivity index (χ3v) is 10.7. The van der Waals surface area contributed by atoms with Crippen molar-refractivity contribution in [3.63, 3.8) is 0 Å². The van der Waals surface area contributed by atoms with Crippen molar-refractivity contribution in [2.75, 3.05) is 47.5 Å². The number of hydrogen-bond acceptors (Lipinski definition) is 8. The molecule has 1 fully saturated rings. The highest BCUT2D eigenvalue weighted by molar-refractivity contribution is 7.47. The molecule has 53 heavy (non-hydrogen) atoms. The molecular weight excluding hydrogens is 693 g/mol. The second kappa shape index (κ2) is 31.9. The van der Waals surface area contributed by atoms with Crippen molar-refractivity contribution < 1.29 is 46.8 Å². The molecule has 1 N–H and O–H groups in total. The Labute approximate surface area is 324 Å². The fourth-order valence-electron chi connectivity index (χ4n) is 6.20. The lowest BCUT2D eigenvalue weighted by molar-refractivity contribution is -0.870. The molecular formula is C42H81NO9P+. The summed E-state index contributed by atoms with van der Waals surface area (Å²) in [4.78, 5) is 35.3. The van der Waals surface area contributed by atoms with Crippen molar-refractivity contribution in [2.24, 2.45) is 0 Å². The molecule has 0 aliphatic carbocycles. The Morgan fingerprint density at radius 1 is 0.679 bits per heavy atom. The van der Waals surface area contributed by atoms with Gasteiger partial charge in [-0.05, 0) is 38.5 Å². The Balaban J connectivity index is 2.29. The summed E-state index contributed by atoms with van der Waals surface area (Å²) in [6.07, 6.45) is 32.7. The van der Waals surface area contributed by atoms with Crippen LogP contribution in [0.3, 0.4) is 0 Å². The van der Waals surface area contributed by atoms with Gasteiger partial charge in [-0.3, -0.25) is 18.6 Å². The van der Waals surface area contributed by atoms with Gasteiger partial charge in [0, 0.05) is 12.8 Å². The molecule has 3 unspecified atom stereocenters. The fourth-order valence-corrected chi connectivity index (χ4v) is 6.94. The van der Waals surface area contributed by atoms with Crippen molar-refractivity contribution in [3.8, 4) is 0 Å². The van der Waals surface area contributed by atoms with Crippen LogP contribution in [0, 0.1) is 0 Å². The van der Waals surface area contributed by atoms with E-state index in [1.54, 1.807) is 0 Å². The van der Waals surface area contributed by atoms with E-state index in [1.165, 1.54) is 83.5 Å². The first kappa shape index (κ1) is 49.7. The van der Waals surface area contributed by atoms with Gasteiger partial charge in [0.2, 0.25) is 0 Å². The molecule has 1 aliphatic heterocycles. The molecule has 0 saturated carbocycles. The third kappa shape index (κ3) is 32.6. The minimum Gasteiger partial charge on any atom is -0.462 e. The number of rotatable bonds is 38. The summed E-state index contributed by atoms with van der Waals surface area (Å²) in [7, 11) is 1.46. The smallest absolute Gasteiger partial charge is 0.462 e. The highest BCUT2D eigenvalue weighted by atomic mass is 31.2. The molecule has 0 aromatic carbocycles. The van der Waals surface area contributed by atoms with E-state index < -0.39 is 26.5 Å². The minimum atomic E-state index is -4.38. The normalized spacial score (nSPS) is 17.5. The lowest BCUT2D eigenvalue weighted by atomic mass is 10.0. The summed E-state index contributed by atoms with van der Waals surface area (Å²) in [6, 6.07) is 0. The molecule has 11 heteroatoms.